The van der Waals surface area contributed by atoms with Gasteiger partial charge in [-0.25, -0.2) is 0 Å². The fraction of sp³-hybridized carbons (Fsp3) is 0.200. The predicted octanol–water partition coefficient (Wildman–Crippen LogP) is 3.81. The second-order valence-corrected chi connectivity index (χ2v) is 3.48. The lowest BCUT2D eigenvalue weighted by Crippen LogP contribution is -1.85. The van der Waals surface area contributed by atoms with E-state index < -0.39 is 0 Å². The lowest BCUT2D eigenvalue weighted by atomic mass is 10.1. The molecule has 17 heavy (non-hydrogen) atoms. The Morgan fingerprint density at radius 3 is 2.24 bits per heavy atom. The molecule has 0 N–H and O–H groups in total. The summed E-state index contributed by atoms with van der Waals surface area (Å²) in [7, 11) is 3.27. The minimum atomic E-state index is 0.637. The normalized spacial score (nSPS) is 11.6. The van der Waals surface area contributed by atoms with Gasteiger partial charge in [-0.2, -0.15) is 0 Å². The number of ether oxygens (including phenoxy) is 2. The van der Waals surface area contributed by atoms with E-state index in [4.69, 9.17) is 9.47 Å². The third-order valence-corrected chi connectivity index (χ3v) is 2.45. The monoisotopic (exact) mass is 230 g/mol. The molecule has 0 atom stereocenters. The largest absolute Gasteiger partial charge is 0.497 e. The van der Waals surface area contributed by atoms with Crippen LogP contribution in [0.5, 0.6) is 5.75 Å². The molecule has 0 aliphatic heterocycles. The van der Waals surface area contributed by atoms with Gasteiger partial charge in [0.2, 0.25) is 0 Å². The molecule has 0 heterocycles. The van der Waals surface area contributed by atoms with Crippen molar-refractivity contribution in [3.05, 3.63) is 60.4 Å². The Labute approximate surface area is 103 Å². The second kappa shape index (κ2) is 6.59. The molecule has 0 aliphatic rings. The lowest BCUT2D eigenvalue weighted by molar-refractivity contribution is 0.309. The zero-order valence-corrected chi connectivity index (χ0v) is 10.6. The highest BCUT2D eigenvalue weighted by Gasteiger charge is 1.97. The van der Waals surface area contributed by atoms with Crippen LogP contribution in [0, 0.1) is 0 Å². The molecule has 1 aromatic rings. The van der Waals surface area contributed by atoms with Gasteiger partial charge in [-0.3, -0.25) is 0 Å². The molecule has 0 radical (unpaired) electrons. The SMILES string of the molecule is C=C(/C=C\C(=C/C)c1ccc(OC)cc1)OC. The van der Waals surface area contributed by atoms with Crippen LogP contribution in [0.15, 0.2) is 54.8 Å². The van der Waals surface area contributed by atoms with Gasteiger partial charge in [-0.15, -0.1) is 0 Å². The minimum Gasteiger partial charge on any atom is -0.497 e. The molecule has 0 amide bonds. The maximum atomic E-state index is 5.13. The van der Waals surface area contributed by atoms with Gasteiger partial charge in [0.25, 0.3) is 0 Å². The van der Waals surface area contributed by atoms with Gasteiger partial charge >= 0.3 is 0 Å². The zero-order valence-electron chi connectivity index (χ0n) is 10.6. The Balaban J connectivity index is 2.87. The molecular formula is C15H18O2. The van der Waals surface area contributed by atoms with E-state index in [1.165, 1.54) is 0 Å². The summed E-state index contributed by atoms with van der Waals surface area (Å²) in [6.07, 6.45) is 5.87. The summed E-state index contributed by atoms with van der Waals surface area (Å²) >= 11 is 0. The Morgan fingerprint density at radius 2 is 1.76 bits per heavy atom. The van der Waals surface area contributed by atoms with Crippen molar-refractivity contribution in [3.63, 3.8) is 0 Å². The molecule has 0 spiro atoms. The van der Waals surface area contributed by atoms with Gasteiger partial charge in [-0.1, -0.05) is 30.9 Å². The maximum absolute atomic E-state index is 5.13. The van der Waals surface area contributed by atoms with Gasteiger partial charge in [0, 0.05) is 0 Å². The fourth-order valence-corrected chi connectivity index (χ4v) is 1.39. The first-order valence-electron chi connectivity index (χ1n) is 5.43. The van der Waals surface area contributed by atoms with E-state index in [2.05, 4.69) is 6.58 Å². The molecule has 90 valence electrons. The van der Waals surface area contributed by atoms with E-state index >= 15 is 0 Å². The van der Waals surface area contributed by atoms with Crippen molar-refractivity contribution in [2.24, 2.45) is 0 Å². The van der Waals surface area contributed by atoms with Crippen LogP contribution in [-0.2, 0) is 4.74 Å². The number of hydrogen-bond acceptors (Lipinski definition) is 2. The average Bonchev–Trinajstić information content (AvgIpc) is 2.39. The highest BCUT2D eigenvalue weighted by molar-refractivity contribution is 5.74. The van der Waals surface area contributed by atoms with E-state index in [0.717, 1.165) is 16.9 Å². The Kier molecular flexibility index (Phi) is 5.08. The highest BCUT2D eigenvalue weighted by Crippen LogP contribution is 2.20. The molecule has 1 aromatic carbocycles. The van der Waals surface area contributed by atoms with Crippen LogP contribution in [0.3, 0.4) is 0 Å². The molecule has 0 bridgehead atoms. The number of methoxy groups -OCH3 is 2. The van der Waals surface area contributed by atoms with Crippen molar-refractivity contribution in [1.29, 1.82) is 0 Å². The quantitative estimate of drug-likeness (QED) is 0.565. The van der Waals surface area contributed by atoms with Crippen molar-refractivity contribution < 1.29 is 9.47 Å². The van der Waals surface area contributed by atoms with Gasteiger partial charge in [0.1, 0.15) is 11.5 Å². The zero-order chi connectivity index (χ0) is 12.7. The van der Waals surface area contributed by atoms with Crippen molar-refractivity contribution in [1.82, 2.24) is 0 Å². The first-order valence-corrected chi connectivity index (χ1v) is 5.43. The molecule has 0 fully saturated rings. The lowest BCUT2D eigenvalue weighted by Gasteiger charge is -2.04. The third kappa shape index (κ3) is 3.83. The molecule has 0 unspecified atom stereocenters. The summed E-state index contributed by atoms with van der Waals surface area (Å²) in [6, 6.07) is 7.93. The summed E-state index contributed by atoms with van der Waals surface area (Å²) in [6.45, 7) is 5.74. The first-order chi connectivity index (χ1) is 8.21. The van der Waals surface area contributed by atoms with Crippen molar-refractivity contribution in [3.8, 4) is 5.75 Å². The maximum Gasteiger partial charge on any atom is 0.118 e. The predicted molar refractivity (Wildman–Crippen MR) is 71.9 cm³/mol. The van der Waals surface area contributed by atoms with Gasteiger partial charge in [0.05, 0.1) is 14.2 Å². The minimum absolute atomic E-state index is 0.637. The van der Waals surface area contributed by atoms with Crippen LogP contribution in [0.1, 0.15) is 12.5 Å². The highest BCUT2D eigenvalue weighted by atomic mass is 16.5. The van der Waals surface area contributed by atoms with Crippen LogP contribution in [-0.4, -0.2) is 14.2 Å². The van der Waals surface area contributed by atoms with Gasteiger partial charge in [0.15, 0.2) is 0 Å². The molecular weight excluding hydrogens is 212 g/mol. The average molecular weight is 230 g/mol. The molecule has 1 rings (SSSR count). The molecule has 2 nitrogen and oxygen atoms in total. The van der Waals surface area contributed by atoms with Crippen molar-refractivity contribution >= 4 is 5.57 Å². The summed E-state index contributed by atoms with van der Waals surface area (Å²) in [5.41, 5.74) is 2.25. The number of hydrogen-bond donors (Lipinski definition) is 0. The van der Waals surface area contributed by atoms with Gasteiger partial charge in [-0.05, 0) is 36.3 Å². The van der Waals surface area contributed by atoms with Crippen LogP contribution >= 0.6 is 0 Å². The Bertz CT molecular complexity index is 425. The van der Waals surface area contributed by atoms with Crippen LogP contribution in [0.4, 0.5) is 0 Å². The van der Waals surface area contributed by atoms with Crippen LogP contribution in [0.25, 0.3) is 5.57 Å². The van der Waals surface area contributed by atoms with E-state index in [1.807, 2.05) is 49.4 Å². The van der Waals surface area contributed by atoms with Crippen LogP contribution < -0.4 is 4.74 Å². The van der Waals surface area contributed by atoms with Crippen molar-refractivity contribution in [2.75, 3.05) is 14.2 Å². The molecule has 0 aliphatic carbocycles. The van der Waals surface area contributed by atoms with E-state index in [1.54, 1.807) is 14.2 Å². The van der Waals surface area contributed by atoms with E-state index in [-0.39, 0.29) is 0 Å². The number of allylic oxidation sites excluding steroid dienone is 4. The smallest absolute Gasteiger partial charge is 0.118 e. The molecule has 0 saturated heterocycles. The molecule has 2 heteroatoms. The Hall–Kier alpha value is -1.96. The topological polar surface area (TPSA) is 18.5 Å². The van der Waals surface area contributed by atoms with E-state index in [0.29, 0.717) is 5.76 Å². The summed E-state index contributed by atoms with van der Waals surface area (Å²) in [5, 5.41) is 0. The third-order valence-electron chi connectivity index (χ3n) is 2.45. The Morgan fingerprint density at radius 1 is 1.12 bits per heavy atom. The fourth-order valence-electron chi connectivity index (χ4n) is 1.39. The van der Waals surface area contributed by atoms with Crippen molar-refractivity contribution in [2.45, 2.75) is 6.92 Å². The number of benzene rings is 1. The first kappa shape index (κ1) is 13.1. The summed E-state index contributed by atoms with van der Waals surface area (Å²) in [5.74, 6) is 1.49. The second-order valence-electron chi connectivity index (χ2n) is 3.48. The van der Waals surface area contributed by atoms with Crippen LogP contribution in [0.2, 0.25) is 0 Å². The van der Waals surface area contributed by atoms with E-state index in [9.17, 15) is 0 Å². The number of rotatable bonds is 5. The van der Waals surface area contributed by atoms with Gasteiger partial charge < -0.3 is 9.47 Å². The standard InChI is InChI=1S/C15H18O2/c1-5-13(7-6-12(2)16-3)14-8-10-15(17-4)11-9-14/h5-11H,2H2,1,3-4H3/b7-6-,13-5+. The summed E-state index contributed by atoms with van der Waals surface area (Å²) < 4.78 is 10.1. The molecule has 0 aromatic heterocycles. The molecule has 0 saturated carbocycles. The summed E-state index contributed by atoms with van der Waals surface area (Å²) in [4.78, 5) is 0.